The molecule has 2 aromatic heterocycles. The Kier molecular flexibility index (Phi) is 3.88. The van der Waals surface area contributed by atoms with Crippen LogP contribution in [-0.4, -0.2) is 41.6 Å². The zero-order valence-electron chi connectivity index (χ0n) is 12.7. The maximum absolute atomic E-state index is 12.8. The number of nitrogens with one attached hydrogen (secondary N) is 1. The second-order valence-electron chi connectivity index (χ2n) is 5.30. The van der Waals surface area contributed by atoms with E-state index >= 15 is 0 Å². The lowest BCUT2D eigenvalue weighted by Gasteiger charge is -2.29. The summed E-state index contributed by atoms with van der Waals surface area (Å²) in [5.74, 6) is 0.172. The number of hydrogen-bond donors (Lipinski definition) is 2. The number of aromatic nitrogens is 2. The Morgan fingerprint density at radius 1 is 1.41 bits per heavy atom. The number of rotatable bonds is 3. The highest BCUT2D eigenvalue weighted by Crippen LogP contribution is 2.28. The van der Waals surface area contributed by atoms with Gasteiger partial charge in [-0.25, -0.2) is 4.98 Å². The van der Waals surface area contributed by atoms with Gasteiger partial charge < -0.3 is 16.0 Å². The number of piperazine rings is 1. The van der Waals surface area contributed by atoms with E-state index in [4.69, 9.17) is 5.73 Å². The summed E-state index contributed by atoms with van der Waals surface area (Å²) in [7, 11) is 0. The van der Waals surface area contributed by atoms with Crippen molar-refractivity contribution in [3.8, 4) is 0 Å². The van der Waals surface area contributed by atoms with E-state index in [1.807, 2.05) is 6.92 Å². The Labute approximate surface area is 131 Å². The van der Waals surface area contributed by atoms with E-state index in [1.165, 1.54) is 11.3 Å². The highest BCUT2D eigenvalue weighted by molar-refractivity contribution is 7.20. The maximum Gasteiger partial charge on any atom is 0.263 e. The van der Waals surface area contributed by atoms with Crippen LogP contribution in [0.3, 0.4) is 0 Å². The number of primary amides is 1. The van der Waals surface area contributed by atoms with Crippen molar-refractivity contribution in [2.75, 3.05) is 31.1 Å². The first-order valence-electron chi connectivity index (χ1n) is 7.34. The summed E-state index contributed by atoms with van der Waals surface area (Å²) in [5, 5.41) is 3.80. The van der Waals surface area contributed by atoms with Crippen molar-refractivity contribution in [2.45, 2.75) is 20.4 Å². The molecule has 0 aliphatic carbocycles. The van der Waals surface area contributed by atoms with Gasteiger partial charge in [-0.2, -0.15) is 0 Å². The minimum Gasteiger partial charge on any atom is -0.365 e. The second kappa shape index (κ2) is 5.69. The van der Waals surface area contributed by atoms with Crippen molar-refractivity contribution in [1.82, 2.24) is 14.9 Å². The van der Waals surface area contributed by atoms with Crippen LogP contribution in [0.5, 0.6) is 0 Å². The number of hydrogen-bond acceptors (Lipinski definition) is 6. The van der Waals surface area contributed by atoms with Crippen LogP contribution in [0.15, 0.2) is 4.79 Å². The van der Waals surface area contributed by atoms with Gasteiger partial charge >= 0.3 is 0 Å². The summed E-state index contributed by atoms with van der Waals surface area (Å²) in [6.07, 6.45) is 0. The van der Waals surface area contributed by atoms with Crippen LogP contribution in [0.1, 0.15) is 22.2 Å². The van der Waals surface area contributed by atoms with Crippen molar-refractivity contribution in [3.05, 3.63) is 20.8 Å². The molecule has 8 heteroatoms. The molecule has 0 saturated carbocycles. The Morgan fingerprint density at radius 2 is 2.09 bits per heavy atom. The molecule has 1 fully saturated rings. The summed E-state index contributed by atoms with van der Waals surface area (Å²) in [5.41, 5.74) is 5.94. The summed E-state index contributed by atoms with van der Waals surface area (Å²) < 4.78 is 1.68. The fraction of sp³-hybridized carbons (Fsp3) is 0.500. The number of thiophene rings is 1. The molecule has 0 bridgehead atoms. The third-order valence-corrected chi connectivity index (χ3v) is 5.17. The number of fused-ring (bicyclic) bond motifs is 1. The highest BCUT2D eigenvalue weighted by atomic mass is 32.1. The third-order valence-electron chi connectivity index (χ3n) is 3.97. The molecule has 3 N–H and O–H groups in total. The molecule has 2 aromatic rings. The lowest BCUT2D eigenvalue weighted by Crippen LogP contribution is -2.46. The Morgan fingerprint density at radius 3 is 2.68 bits per heavy atom. The van der Waals surface area contributed by atoms with Gasteiger partial charge in [0, 0.05) is 32.7 Å². The molecular weight excluding hydrogens is 302 g/mol. The summed E-state index contributed by atoms with van der Waals surface area (Å²) in [6.45, 7) is 7.59. The number of nitrogens with two attached hydrogens (primary N) is 1. The number of carbonyl (C=O) groups excluding carboxylic acids is 1. The van der Waals surface area contributed by atoms with Gasteiger partial charge in [0.1, 0.15) is 4.83 Å². The average molecular weight is 321 g/mol. The molecule has 3 rings (SSSR count). The summed E-state index contributed by atoms with van der Waals surface area (Å²) >= 11 is 1.20. The van der Waals surface area contributed by atoms with E-state index in [2.05, 4.69) is 15.2 Å². The van der Waals surface area contributed by atoms with Gasteiger partial charge in [0.15, 0.2) is 0 Å². The molecule has 118 valence electrons. The Hall–Kier alpha value is -1.93. The zero-order chi connectivity index (χ0) is 15.9. The van der Waals surface area contributed by atoms with Crippen molar-refractivity contribution in [2.24, 2.45) is 5.73 Å². The standard InChI is InChI=1S/C14H19N5O2S/c1-3-19-13(21)9-8(2)10(11(15)20)22-12(9)17-14(19)18-6-4-16-5-7-18/h16H,3-7H2,1-2H3,(H2,15,20). The first-order chi connectivity index (χ1) is 10.5. The fourth-order valence-electron chi connectivity index (χ4n) is 2.83. The monoisotopic (exact) mass is 321 g/mol. The lowest BCUT2D eigenvalue weighted by molar-refractivity contribution is 0.100. The third kappa shape index (κ3) is 2.28. The van der Waals surface area contributed by atoms with Crippen LogP contribution in [0.2, 0.25) is 0 Å². The lowest BCUT2D eigenvalue weighted by atomic mass is 10.2. The number of carbonyl (C=O) groups is 1. The predicted octanol–water partition coefficient (Wildman–Crippen LogP) is 0.295. The minimum atomic E-state index is -0.508. The average Bonchev–Trinajstić information content (AvgIpc) is 2.85. The van der Waals surface area contributed by atoms with Crippen molar-refractivity contribution in [3.63, 3.8) is 0 Å². The molecule has 1 amide bonds. The number of aryl methyl sites for hydroxylation is 1. The predicted molar refractivity (Wildman–Crippen MR) is 87.9 cm³/mol. The van der Waals surface area contributed by atoms with E-state index in [0.29, 0.717) is 33.2 Å². The quantitative estimate of drug-likeness (QED) is 0.848. The Balaban J connectivity index is 2.25. The molecular formula is C14H19N5O2S. The van der Waals surface area contributed by atoms with Crippen LogP contribution in [0.4, 0.5) is 5.95 Å². The SMILES string of the molecule is CCn1c(N2CCNCC2)nc2sc(C(N)=O)c(C)c2c1=O. The van der Waals surface area contributed by atoms with E-state index < -0.39 is 5.91 Å². The molecule has 1 aliphatic rings. The van der Waals surface area contributed by atoms with Gasteiger partial charge in [0.05, 0.1) is 10.3 Å². The van der Waals surface area contributed by atoms with Crippen LogP contribution in [0.25, 0.3) is 10.2 Å². The van der Waals surface area contributed by atoms with Crippen molar-refractivity contribution in [1.29, 1.82) is 0 Å². The van der Waals surface area contributed by atoms with Crippen LogP contribution in [-0.2, 0) is 6.54 Å². The summed E-state index contributed by atoms with van der Waals surface area (Å²) in [6, 6.07) is 0. The zero-order valence-corrected chi connectivity index (χ0v) is 13.5. The van der Waals surface area contributed by atoms with Crippen LogP contribution < -0.4 is 21.5 Å². The second-order valence-corrected chi connectivity index (χ2v) is 6.30. The molecule has 0 aromatic carbocycles. The minimum absolute atomic E-state index is 0.0951. The highest BCUT2D eigenvalue weighted by Gasteiger charge is 2.22. The molecule has 22 heavy (non-hydrogen) atoms. The number of nitrogens with zero attached hydrogens (tertiary/aromatic N) is 3. The van der Waals surface area contributed by atoms with Gasteiger partial charge in [0.25, 0.3) is 11.5 Å². The van der Waals surface area contributed by atoms with E-state index in [9.17, 15) is 9.59 Å². The van der Waals surface area contributed by atoms with Gasteiger partial charge in [-0.3, -0.25) is 14.2 Å². The van der Waals surface area contributed by atoms with Gasteiger partial charge in [0.2, 0.25) is 5.95 Å². The van der Waals surface area contributed by atoms with E-state index in [1.54, 1.807) is 11.5 Å². The Bertz CT molecular complexity index is 789. The first kappa shape index (κ1) is 15.0. The summed E-state index contributed by atoms with van der Waals surface area (Å²) in [4.78, 5) is 32.1. The maximum atomic E-state index is 12.8. The number of amides is 1. The molecule has 1 aliphatic heterocycles. The molecule has 1 saturated heterocycles. The first-order valence-corrected chi connectivity index (χ1v) is 8.15. The topological polar surface area (TPSA) is 93.2 Å². The largest absolute Gasteiger partial charge is 0.365 e. The molecule has 0 atom stereocenters. The van der Waals surface area contributed by atoms with Crippen molar-refractivity contribution < 1.29 is 4.79 Å². The van der Waals surface area contributed by atoms with Gasteiger partial charge in [-0.05, 0) is 19.4 Å². The molecule has 0 spiro atoms. The van der Waals surface area contributed by atoms with E-state index in [-0.39, 0.29) is 5.56 Å². The smallest absolute Gasteiger partial charge is 0.263 e. The molecule has 0 radical (unpaired) electrons. The molecule has 3 heterocycles. The van der Waals surface area contributed by atoms with Crippen molar-refractivity contribution >= 4 is 33.4 Å². The van der Waals surface area contributed by atoms with Crippen LogP contribution >= 0.6 is 11.3 Å². The molecule has 7 nitrogen and oxygen atoms in total. The van der Waals surface area contributed by atoms with Crippen LogP contribution in [0, 0.1) is 6.92 Å². The molecule has 0 unspecified atom stereocenters. The van der Waals surface area contributed by atoms with E-state index in [0.717, 1.165) is 26.2 Å². The number of anilines is 1. The van der Waals surface area contributed by atoms with Gasteiger partial charge in [-0.15, -0.1) is 11.3 Å². The fourth-order valence-corrected chi connectivity index (χ4v) is 3.85. The van der Waals surface area contributed by atoms with Gasteiger partial charge in [-0.1, -0.05) is 0 Å². The normalized spacial score (nSPS) is 15.5.